The van der Waals surface area contributed by atoms with E-state index in [1.165, 1.54) is 24.2 Å². The number of benzene rings is 1. The van der Waals surface area contributed by atoms with Crippen molar-refractivity contribution in [1.29, 1.82) is 0 Å². The van der Waals surface area contributed by atoms with Gasteiger partial charge in [0.25, 0.3) is 0 Å². The Balaban J connectivity index is 2.26. The molecular weight excluding hydrogens is 258 g/mol. The molecule has 1 fully saturated rings. The Hall–Kier alpha value is -1.35. The lowest BCUT2D eigenvalue weighted by Gasteiger charge is -2.39. The van der Waals surface area contributed by atoms with E-state index in [1.807, 2.05) is 0 Å². The molecule has 1 aromatic carbocycles. The lowest BCUT2D eigenvalue weighted by atomic mass is 9.75. The van der Waals surface area contributed by atoms with Crippen LogP contribution < -0.4 is 5.32 Å². The molecule has 1 saturated heterocycles. The number of piperidine rings is 1. The highest BCUT2D eigenvalue weighted by Crippen LogP contribution is 2.40. The van der Waals surface area contributed by atoms with Gasteiger partial charge in [-0.1, -0.05) is 19.1 Å². The van der Waals surface area contributed by atoms with E-state index in [1.54, 1.807) is 0 Å². The first-order valence-electron chi connectivity index (χ1n) is 8.17. The fourth-order valence-corrected chi connectivity index (χ4v) is 3.70. The molecule has 1 aromatic heterocycles. The second kappa shape index (κ2) is 5.13. The van der Waals surface area contributed by atoms with Crippen LogP contribution in [0, 0.1) is 0 Å². The van der Waals surface area contributed by atoms with Crippen molar-refractivity contribution >= 4 is 11.0 Å². The van der Waals surface area contributed by atoms with Crippen LogP contribution >= 0.6 is 0 Å². The average molecular weight is 285 g/mol. The summed E-state index contributed by atoms with van der Waals surface area (Å²) in [6.07, 6.45) is 3.53. The zero-order valence-electron chi connectivity index (χ0n) is 13.7. The van der Waals surface area contributed by atoms with Crippen LogP contribution in [-0.4, -0.2) is 22.6 Å². The first-order chi connectivity index (χ1) is 9.98. The van der Waals surface area contributed by atoms with Gasteiger partial charge in [0.15, 0.2) is 0 Å². The van der Waals surface area contributed by atoms with Gasteiger partial charge in [-0.3, -0.25) is 0 Å². The Morgan fingerprint density at radius 2 is 1.86 bits per heavy atom. The maximum atomic E-state index is 5.08. The normalized spacial score (nSPS) is 19.0. The molecule has 3 nitrogen and oxygen atoms in total. The number of hydrogen-bond acceptors (Lipinski definition) is 2. The van der Waals surface area contributed by atoms with E-state index < -0.39 is 0 Å². The number of fused-ring (bicyclic) bond motifs is 1. The van der Waals surface area contributed by atoms with E-state index in [9.17, 15) is 0 Å². The van der Waals surface area contributed by atoms with Crippen molar-refractivity contribution in [1.82, 2.24) is 14.9 Å². The standard InChI is InChI=1S/C18H27N3/c1-5-18(10-12-19-13-11-18)16-20-14-8-6-7-9-15(14)21(16)17(2,3)4/h6-9,19H,5,10-13H2,1-4H3. The smallest absolute Gasteiger partial charge is 0.116 e. The minimum absolute atomic E-state index is 0.0540. The number of rotatable bonds is 2. The Morgan fingerprint density at radius 1 is 1.19 bits per heavy atom. The summed E-state index contributed by atoms with van der Waals surface area (Å²) in [4.78, 5) is 5.08. The Kier molecular flexibility index (Phi) is 3.56. The molecule has 0 saturated carbocycles. The quantitative estimate of drug-likeness (QED) is 0.909. The maximum absolute atomic E-state index is 5.08. The maximum Gasteiger partial charge on any atom is 0.116 e. The number of nitrogens with zero attached hydrogens (tertiary/aromatic N) is 2. The minimum atomic E-state index is 0.0540. The summed E-state index contributed by atoms with van der Waals surface area (Å²) in [5.41, 5.74) is 2.68. The minimum Gasteiger partial charge on any atom is -0.322 e. The van der Waals surface area contributed by atoms with Crippen LogP contribution in [0.25, 0.3) is 11.0 Å². The zero-order chi connectivity index (χ0) is 15.1. The predicted molar refractivity (Wildman–Crippen MR) is 88.8 cm³/mol. The Bertz CT molecular complexity index is 627. The molecule has 1 N–H and O–H groups in total. The van der Waals surface area contributed by atoms with E-state index in [-0.39, 0.29) is 11.0 Å². The molecule has 0 bridgehead atoms. The first-order valence-corrected chi connectivity index (χ1v) is 8.17. The van der Waals surface area contributed by atoms with Gasteiger partial charge in [0.2, 0.25) is 0 Å². The summed E-state index contributed by atoms with van der Waals surface area (Å²) >= 11 is 0. The van der Waals surface area contributed by atoms with E-state index >= 15 is 0 Å². The van der Waals surface area contributed by atoms with Gasteiger partial charge in [-0.2, -0.15) is 0 Å². The van der Waals surface area contributed by atoms with Gasteiger partial charge in [-0.25, -0.2) is 4.98 Å². The predicted octanol–water partition coefficient (Wildman–Crippen LogP) is 3.82. The van der Waals surface area contributed by atoms with E-state index in [0.717, 1.165) is 25.0 Å². The molecule has 1 aliphatic heterocycles. The third-order valence-corrected chi connectivity index (χ3v) is 4.94. The number of imidazole rings is 1. The van der Waals surface area contributed by atoms with E-state index in [2.05, 4.69) is 61.8 Å². The zero-order valence-corrected chi connectivity index (χ0v) is 13.7. The summed E-state index contributed by atoms with van der Waals surface area (Å²) in [6, 6.07) is 8.57. The van der Waals surface area contributed by atoms with Crippen LogP contribution in [-0.2, 0) is 11.0 Å². The molecule has 0 atom stereocenters. The van der Waals surface area contributed by atoms with Crippen molar-refractivity contribution in [3.05, 3.63) is 30.1 Å². The number of para-hydroxylation sites is 2. The molecular formula is C18H27N3. The van der Waals surface area contributed by atoms with Crippen LogP contribution in [0.4, 0.5) is 0 Å². The van der Waals surface area contributed by atoms with Crippen LogP contribution in [0.1, 0.15) is 52.8 Å². The fraction of sp³-hybridized carbons (Fsp3) is 0.611. The lowest BCUT2D eigenvalue weighted by molar-refractivity contribution is 0.254. The highest BCUT2D eigenvalue weighted by molar-refractivity contribution is 5.76. The highest BCUT2D eigenvalue weighted by atomic mass is 15.1. The van der Waals surface area contributed by atoms with Crippen molar-refractivity contribution in [2.24, 2.45) is 0 Å². The fourth-order valence-electron chi connectivity index (χ4n) is 3.70. The number of nitrogens with one attached hydrogen (secondary N) is 1. The van der Waals surface area contributed by atoms with Gasteiger partial charge in [-0.15, -0.1) is 0 Å². The SMILES string of the molecule is CCC1(c2nc3ccccc3n2C(C)(C)C)CCNCC1. The molecule has 0 spiro atoms. The molecule has 3 rings (SSSR count). The summed E-state index contributed by atoms with van der Waals surface area (Å²) in [6.45, 7) is 11.4. The monoisotopic (exact) mass is 285 g/mol. The van der Waals surface area contributed by atoms with Crippen LogP contribution in [0.15, 0.2) is 24.3 Å². The van der Waals surface area contributed by atoms with Gasteiger partial charge >= 0.3 is 0 Å². The van der Waals surface area contributed by atoms with E-state index in [0.29, 0.717) is 0 Å². The van der Waals surface area contributed by atoms with Gasteiger partial charge in [0.05, 0.1) is 11.0 Å². The second-order valence-corrected chi connectivity index (χ2v) is 7.31. The van der Waals surface area contributed by atoms with Gasteiger partial charge < -0.3 is 9.88 Å². The van der Waals surface area contributed by atoms with Crippen LogP contribution in [0.2, 0.25) is 0 Å². The van der Waals surface area contributed by atoms with Crippen molar-refractivity contribution in [3.8, 4) is 0 Å². The Labute approximate surface area is 127 Å². The number of aromatic nitrogens is 2. The van der Waals surface area contributed by atoms with Crippen molar-refractivity contribution in [2.75, 3.05) is 13.1 Å². The third-order valence-electron chi connectivity index (χ3n) is 4.94. The first kappa shape index (κ1) is 14.6. The summed E-state index contributed by atoms with van der Waals surface area (Å²) in [5.74, 6) is 1.29. The van der Waals surface area contributed by atoms with Gasteiger partial charge in [0, 0.05) is 11.0 Å². The second-order valence-electron chi connectivity index (χ2n) is 7.31. The lowest BCUT2D eigenvalue weighted by Crippen LogP contribution is -2.43. The molecule has 114 valence electrons. The molecule has 3 heteroatoms. The van der Waals surface area contributed by atoms with Crippen molar-refractivity contribution in [2.45, 2.75) is 57.9 Å². The molecule has 21 heavy (non-hydrogen) atoms. The van der Waals surface area contributed by atoms with Crippen molar-refractivity contribution in [3.63, 3.8) is 0 Å². The molecule has 2 heterocycles. The number of hydrogen-bond donors (Lipinski definition) is 1. The van der Waals surface area contributed by atoms with Gasteiger partial charge in [-0.05, 0) is 65.3 Å². The molecule has 0 radical (unpaired) electrons. The summed E-state index contributed by atoms with van der Waals surface area (Å²) in [7, 11) is 0. The molecule has 0 aliphatic carbocycles. The van der Waals surface area contributed by atoms with Crippen LogP contribution in [0.3, 0.4) is 0 Å². The van der Waals surface area contributed by atoms with E-state index in [4.69, 9.17) is 4.98 Å². The molecule has 1 aliphatic rings. The van der Waals surface area contributed by atoms with Gasteiger partial charge in [0.1, 0.15) is 5.82 Å². The molecule has 0 unspecified atom stereocenters. The Morgan fingerprint density at radius 3 is 2.48 bits per heavy atom. The topological polar surface area (TPSA) is 29.9 Å². The third kappa shape index (κ3) is 2.38. The summed E-state index contributed by atoms with van der Waals surface area (Å²) in [5, 5.41) is 3.50. The molecule has 2 aromatic rings. The largest absolute Gasteiger partial charge is 0.322 e. The molecule has 0 amide bonds. The average Bonchev–Trinajstić information content (AvgIpc) is 2.88. The summed E-state index contributed by atoms with van der Waals surface area (Å²) < 4.78 is 2.48. The van der Waals surface area contributed by atoms with Crippen LogP contribution in [0.5, 0.6) is 0 Å². The van der Waals surface area contributed by atoms with Crippen molar-refractivity contribution < 1.29 is 0 Å². The highest BCUT2D eigenvalue weighted by Gasteiger charge is 2.38.